The van der Waals surface area contributed by atoms with Crippen molar-refractivity contribution in [3.8, 4) is 0 Å². The second kappa shape index (κ2) is 11.9. The average molecular weight is 502 g/mol. The molecule has 0 aromatic heterocycles. The van der Waals surface area contributed by atoms with Gasteiger partial charge in [-0.3, -0.25) is 19.2 Å². The molecular formula is C21H27NO11S. The van der Waals surface area contributed by atoms with Crippen molar-refractivity contribution in [3.05, 3.63) is 35.9 Å². The Morgan fingerprint density at radius 1 is 0.853 bits per heavy atom. The van der Waals surface area contributed by atoms with Crippen LogP contribution in [0.3, 0.4) is 0 Å². The van der Waals surface area contributed by atoms with Gasteiger partial charge >= 0.3 is 23.9 Å². The first-order valence-corrected chi connectivity index (χ1v) is 11.9. The van der Waals surface area contributed by atoms with Crippen molar-refractivity contribution in [3.63, 3.8) is 0 Å². The van der Waals surface area contributed by atoms with Crippen molar-refractivity contribution >= 4 is 33.9 Å². The van der Waals surface area contributed by atoms with E-state index in [1.54, 1.807) is 30.3 Å². The van der Waals surface area contributed by atoms with Gasteiger partial charge in [0.1, 0.15) is 18.8 Å². The first-order chi connectivity index (χ1) is 15.9. The topological polar surface area (TPSA) is 161 Å². The summed E-state index contributed by atoms with van der Waals surface area (Å²) < 4.78 is 54.5. The summed E-state index contributed by atoms with van der Waals surface area (Å²) in [5.74, 6) is -3.57. The van der Waals surface area contributed by atoms with Crippen molar-refractivity contribution in [1.82, 2.24) is 4.72 Å². The lowest BCUT2D eigenvalue weighted by Crippen LogP contribution is -2.67. The minimum atomic E-state index is -4.11. The van der Waals surface area contributed by atoms with Crippen molar-refractivity contribution in [2.24, 2.45) is 0 Å². The van der Waals surface area contributed by atoms with Crippen LogP contribution in [0.4, 0.5) is 0 Å². The predicted octanol–water partition coefficient (Wildman–Crippen LogP) is 0.189. The van der Waals surface area contributed by atoms with Gasteiger partial charge < -0.3 is 23.7 Å². The smallest absolute Gasteiger partial charge is 0.304 e. The van der Waals surface area contributed by atoms with E-state index in [0.717, 1.165) is 27.7 Å². The zero-order valence-electron chi connectivity index (χ0n) is 19.1. The normalized spacial score (nSPS) is 24.5. The number of esters is 4. The van der Waals surface area contributed by atoms with Crippen LogP contribution in [0.25, 0.3) is 0 Å². The molecule has 0 radical (unpaired) electrons. The molecule has 13 heteroatoms. The van der Waals surface area contributed by atoms with E-state index in [-0.39, 0.29) is 0 Å². The number of hydrogen-bond acceptors (Lipinski definition) is 11. The molecule has 0 aliphatic carbocycles. The molecular weight excluding hydrogens is 474 g/mol. The van der Waals surface area contributed by atoms with E-state index in [9.17, 15) is 27.6 Å². The van der Waals surface area contributed by atoms with Gasteiger partial charge in [-0.2, -0.15) is 0 Å². The number of nitrogens with one attached hydrogen (secondary N) is 1. The summed E-state index contributed by atoms with van der Waals surface area (Å²) in [4.78, 5) is 46.7. The molecule has 1 aliphatic rings. The number of carbonyl (C=O) groups is 4. The number of sulfonamides is 1. The Morgan fingerprint density at radius 3 is 1.94 bits per heavy atom. The molecule has 0 bridgehead atoms. The van der Waals surface area contributed by atoms with Crippen LogP contribution in [0, 0.1) is 0 Å². The van der Waals surface area contributed by atoms with Gasteiger partial charge in [-0.15, -0.1) is 0 Å². The second-order valence-electron chi connectivity index (χ2n) is 7.49. The van der Waals surface area contributed by atoms with Gasteiger partial charge in [0.15, 0.2) is 12.2 Å². The van der Waals surface area contributed by atoms with Gasteiger partial charge in [-0.25, -0.2) is 13.1 Å². The molecule has 1 N–H and O–H groups in total. The lowest BCUT2D eigenvalue weighted by Gasteiger charge is -2.44. The number of benzene rings is 1. The average Bonchev–Trinajstić information content (AvgIpc) is 2.70. The van der Waals surface area contributed by atoms with E-state index in [2.05, 4.69) is 4.72 Å². The van der Waals surface area contributed by atoms with Crippen LogP contribution in [0.15, 0.2) is 30.3 Å². The van der Waals surface area contributed by atoms with E-state index >= 15 is 0 Å². The molecule has 0 spiro atoms. The summed E-state index contributed by atoms with van der Waals surface area (Å²) >= 11 is 0. The largest absolute Gasteiger partial charge is 0.463 e. The molecule has 1 aliphatic heterocycles. The van der Waals surface area contributed by atoms with E-state index < -0.39 is 76.9 Å². The maximum absolute atomic E-state index is 12.9. The number of hydrogen-bond donors (Lipinski definition) is 1. The summed E-state index contributed by atoms with van der Waals surface area (Å²) in [6, 6.07) is 6.75. The summed E-state index contributed by atoms with van der Waals surface area (Å²) in [6.45, 7) is 3.90. The van der Waals surface area contributed by atoms with Gasteiger partial charge in [0.2, 0.25) is 16.3 Å². The highest BCUT2D eigenvalue weighted by Crippen LogP contribution is 2.28. The Balaban J connectivity index is 2.45. The van der Waals surface area contributed by atoms with Crippen LogP contribution < -0.4 is 4.72 Å². The third-order valence-electron chi connectivity index (χ3n) is 4.50. The van der Waals surface area contributed by atoms with Crippen LogP contribution in [0.1, 0.15) is 33.3 Å². The highest BCUT2D eigenvalue weighted by molar-refractivity contribution is 7.88. The Bertz CT molecular complexity index is 995. The minimum Gasteiger partial charge on any atom is -0.463 e. The predicted molar refractivity (Wildman–Crippen MR) is 114 cm³/mol. The third-order valence-corrected chi connectivity index (χ3v) is 5.84. The molecule has 34 heavy (non-hydrogen) atoms. The van der Waals surface area contributed by atoms with Crippen LogP contribution in [0.2, 0.25) is 0 Å². The molecule has 1 aromatic carbocycles. The van der Waals surface area contributed by atoms with Crippen LogP contribution in [-0.4, -0.2) is 69.5 Å². The summed E-state index contributed by atoms with van der Waals surface area (Å²) in [7, 11) is -4.11. The number of ether oxygens (including phenoxy) is 5. The van der Waals surface area contributed by atoms with Gasteiger partial charge in [0.25, 0.3) is 0 Å². The van der Waals surface area contributed by atoms with E-state index in [1.165, 1.54) is 0 Å². The summed E-state index contributed by atoms with van der Waals surface area (Å²) in [5.41, 5.74) is 0.462. The van der Waals surface area contributed by atoms with Crippen LogP contribution in [0.5, 0.6) is 0 Å². The fourth-order valence-electron chi connectivity index (χ4n) is 3.34. The molecule has 5 atom stereocenters. The maximum Gasteiger partial charge on any atom is 0.304 e. The monoisotopic (exact) mass is 501 g/mol. The number of rotatable bonds is 9. The summed E-state index contributed by atoms with van der Waals surface area (Å²) in [5, 5.41) is 0. The first kappa shape index (κ1) is 27.2. The fourth-order valence-corrected chi connectivity index (χ4v) is 4.71. The quantitative estimate of drug-likeness (QED) is 0.363. The molecule has 12 nitrogen and oxygen atoms in total. The van der Waals surface area contributed by atoms with Gasteiger partial charge in [0.05, 0.1) is 5.75 Å². The highest BCUT2D eigenvalue weighted by atomic mass is 32.2. The Kier molecular flexibility index (Phi) is 9.53. The van der Waals surface area contributed by atoms with Crippen LogP contribution >= 0.6 is 0 Å². The standard InChI is InChI=1S/C21H27NO11S/c1-12(23)29-10-17-19(30-13(2)24)20(31-14(3)25)18(21(33-17)32-15(4)26)22-34(27,28)11-16-8-6-5-7-9-16/h5-9,17-22H,10-11H2,1-4H3. The molecule has 0 saturated carbocycles. The molecule has 1 aromatic rings. The molecule has 2 rings (SSSR count). The van der Waals surface area contributed by atoms with Crippen LogP contribution in [-0.2, 0) is 58.6 Å². The van der Waals surface area contributed by atoms with E-state index in [0.29, 0.717) is 5.56 Å². The van der Waals surface area contributed by atoms with E-state index in [4.69, 9.17) is 23.7 Å². The Morgan fingerprint density at radius 2 is 1.41 bits per heavy atom. The lowest BCUT2D eigenvalue weighted by atomic mass is 9.97. The van der Waals surface area contributed by atoms with Gasteiger partial charge in [-0.05, 0) is 5.56 Å². The lowest BCUT2D eigenvalue weighted by molar-refractivity contribution is -0.269. The molecule has 1 saturated heterocycles. The van der Waals surface area contributed by atoms with Gasteiger partial charge in [0, 0.05) is 27.7 Å². The SMILES string of the molecule is CC(=O)OCC1OC(OC(C)=O)C(NS(=O)(=O)Cc2ccccc2)C(OC(C)=O)C1OC(C)=O. The Hall–Kier alpha value is -3.03. The molecule has 5 unspecified atom stereocenters. The zero-order chi connectivity index (χ0) is 25.5. The maximum atomic E-state index is 12.9. The van der Waals surface area contributed by atoms with Crippen molar-refractivity contribution in [2.45, 2.75) is 64.1 Å². The Labute approximate surface area is 196 Å². The second-order valence-corrected chi connectivity index (χ2v) is 9.25. The molecule has 0 amide bonds. The molecule has 1 heterocycles. The minimum absolute atomic E-state index is 0.445. The van der Waals surface area contributed by atoms with E-state index in [1.807, 2.05) is 0 Å². The highest BCUT2D eigenvalue weighted by Gasteiger charge is 2.52. The third kappa shape index (κ3) is 8.39. The fraction of sp³-hybridized carbons (Fsp3) is 0.524. The first-order valence-electron chi connectivity index (χ1n) is 10.2. The van der Waals surface area contributed by atoms with Gasteiger partial charge in [-0.1, -0.05) is 30.3 Å². The van der Waals surface area contributed by atoms with Crippen molar-refractivity contribution < 1.29 is 51.3 Å². The number of carbonyl (C=O) groups excluding carboxylic acids is 4. The van der Waals surface area contributed by atoms with Crippen molar-refractivity contribution in [1.29, 1.82) is 0 Å². The molecule has 1 fully saturated rings. The van der Waals surface area contributed by atoms with Crippen molar-refractivity contribution in [2.75, 3.05) is 6.61 Å². The summed E-state index contributed by atoms with van der Waals surface area (Å²) in [6.07, 6.45) is -5.71. The molecule has 188 valence electrons. The zero-order valence-corrected chi connectivity index (χ0v) is 19.9.